The first kappa shape index (κ1) is 11.8. The molecule has 0 saturated heterocycles. The van der Waals surface area contributed by atoms with E-state index in [1.165, 1.54) is 12.1 Å². The second-order valence-electron chi connectivity index (χ2n) is 4.01. The van der Waals surface area contributed by atoms with Gasteiger partial charge in [0.25, 0.3) is 5.69 Å². The predicted molar refractivity (Wildman–Crippen MR) is 72.3 cm³/mol. The maximum Gasteiger partial charge on any atom is 0.269 e. The van der Waals surface area contributed by atoms with Crippen LogP contribution in [-0.4, -0.2) is 19.5 Å². The van der Waals surface area contributed by atoms with Gasteiger partial charge in [-0.3, -0.25) is 10.1 Å². The van der Waals surface area contributed by atoms with Gasteiger partial charge < -0.3 is 0 Å². The first-order valence-corrected chi connectivity index (χ1v) is 6.59. The minimum atomic E-state index is -0.412. The van der Waals surface area contributed by atoms with E-state index in [-0.39, 0.29) is 5.69 Å². The Morgan fingerprint density at radius 3 is 2.68 bits per heavy atom. The van der Waals surface area contributed by atoms with E-state index in [2.05, 4.69) is 17.0 Å². The lowest BCUT2D eigenvalue weighted by Crippen LogP contribution is -1.87. The summed E-state index contributed by atoms with van der Waals surface area (Å²) in [5.74, 6) is 0. The number of nitrogens with zero attached hydrogens (tertiary/aromatic N) is 4. The van der Waals surface area contributed by atoms with Crippen LogP contribution >= 0.6 is 11.3 Å². The van der Waals surface area contributed by atoms with Crippen LogP contribution < -0.4 is 0 Å². The number of benzene rings is 1. The number of rotatable bonds is 3. The lowest BCUT2D eigenvalue weighted by molar-refractivity contribution is -0.384. The van der Waals surface area contributed by atoms with Crippen molar-refractivity contribution in [3.8, 4) is 11.3 Å². The number of aromatic nitrogens is 3. The lowest BCUT2D eigenvalue weighted by Gasteiger charge is -1.95. The number of hydrogen-bond acceptors (Lipinski definition) is 5. The Balaban J connectivity index is 1.99. The Morgan fingerprint density at radius 2 is 2.11 bits per heavy atom. The summed E-state index contributed by atoms with van der Waals surface area (Å²) >= 11 is 1.55. The van der Waals surface area contributed by atoms with Crippen molar-refractivity contribution in [3.63, 3.8) is 0 Å². The van der Waals surface area contributed by atoms with E-state index in [1.54, 1.807) is 28.0 Å². The highest BCUT2D eigenvalue weighted by Crippen LogP contribution is 2.24. The van der Waals surface area contributed by atoms with E-state index in [0.717, 1.165) is 27.6 Å². The molecule has 0 amide bonds. The Morgan fingerprint density at radius 1 is 1.37 bits per heavy atom. The molecule has 6 nitrogen and oxygen atoms in total. The number of imidazole rings is 1. The van der Waals surface area contributed by atoms with Crippen LogP contribution in [0.1, 0.15) is 11.9 Å². The Labute approximate surface area is 112 Å². The fraction of sp³-hybridized carbons (Fsp3) is 0.167. The third kappa shape index (κ3) is 2.08. The average molecular weight is 274 g/mol. The molecular weight excluding hydrogens is 264 g/mol. The molecule has 1 aromatic carbocycles. The summed E-state index contributed by atoms with van der Waals surface area (Å²) in [5, 5.41) is 16.0. The van der Waals surface area contributed by atoms with Crippen molar-refractivity contribution in [2.75, 3.05) is 0 Å². The lowest BCUT2D eigenvalue weighted by atomic mass is 10.1. The van der Waals surface area contributed by atoms with Gasteiger partial charge in [-0.2, -0.15) is 5.10 Å². The second-order valence-corrected chi connectivity index (χ2v) is 5.05. The van der Waals surface area contributed by atoms with Gasteiger partial charge in [-0.25, -0.2) is 9.50 Å². The first-order valence-electron chi connectivity index (χ1n) is 5.77. The van der Waals surface area contributed by atoms with Crippen LogP contribution in [-0.2, 0) is 6.42 Å². The van der Waals surface area contributed by atoms with Gasteiger partial charge >= 0.3 is 0 Å². The fourth-order valence-corrected chi connectivity index (χ4v) is 2.59. The SMILES string of the molecule is CCc1nn2cc(-c3ccc([N+](=O)[O-])cc3)nc2s1. The Kier molecular flexibility index (Phi) is 2.75. The number of nitro groups is 1. The number of fused-ring (bicyclic) bond motifs is 1. The van der Waals surface area contributed by atoms with Crippen molar-refractivity contribution in [2.24, 2.45) is 0 Å². The van der Waals surface area contributed by atoms with Crippen LogP contribution in [0.2, 0.25) is 0 Å². The van der Waals surface area contributed by atoms with Crippen LogP contribution in [0.5, 0.6) is 0 Å². The molecule has 0 aliphatic carbocycles. The molecule has 0 aliphatic rings. The quantitative estimate of drug-likeness (QED) is 0.543. The molecule has 0 saturated carbocycles. The average Bonchev–Trinajstić information content (AvgIpc) is 2.96. The van der Waals surface area contributed by atoms with Crippen molar-refractivity contribution in [1.29, 1.82) is 0 Å². The van der Waals surface area contributed by atoms with E-state index < -0.39 is 4.92 Å². The summed E-state index contributed by atoms with van der Waals surface area (Å²) in [7, 11) is 0. The van der Waals surface area contributed by atoms with Crippen molar-refractivity contribution in [2.45, 2.75) is 13.3 Å². The third-order valence-corrected chi connectivity index (χ3v) is 3.83. The fourth-order valence-electron chi connectivity index (χ4n) is 1.78. The second kappa shape index (κ2) is 4.43. The normalized spacial score (nSPS) is 11.0. The van der Waals surface area contributed by atoms with E-state index >= 15 is 0 Å². The zero-order chi connectivity index (χ0) is 13.4. The largest absolute Gasteiger partial charge is 0.269 e. The maximum absolute atomic E-state index is 10.6. The summed E-state index contributed by atoms with van der Waals surface area (Å²) < 4.78 is 1.75. The van der Waals surface area contributed by atoms with Crippen LogP contribution in [0.3, 0.4) is 0 Å². The first-order chi connectivity index (χ1) is 9.17. The summed E-state index contributed by atoms with van der Waals surface area (Å²) in [5.41, 5.74) is 1.70. The Hall–Kier alpha value is -2.28. The minimum absolute atomic E-state index is 0.0798. The van der Waals surface area contributed by atoms with Gasteiger partial charge in [-0.15, -0.1) is 0 Å². The predicted octanol–water partition coefficient (Wildman–Crippen LogP) is 2.93. The van der Waals surface area contributed by atoms with Crippen molar-refractivity contribution in [3.05, 3.63) is 45.6 Å². The number of hydrogen-bond donors (Lipinski definition) is 0. The van der Waals surface area contributed by atoms with E-state index in [9.17, 15) is 10.1 Å². The molecule has 3 aromatic rings. The molecule has 0 atom stereocenters. The molecule has 7 heteroatoms. The van der Waals surface area contributed by atoms with Gasteiger partial charge in [-0.1, -0.05) is 18.3 Å². The zero-order valence-corrected chi connectivity index (χ0v) is 10.9. The molecule has 0 fully saturated rings. The molecule has 19 heavy (non-hydrogen) atoms. The zero-order valence-electron chi connectivity index (χ0n) is 10.1. The van der Waals surface area contributed by atoms with Crippen LogP contribution in [0.4, 0.5) is 5.69 Å². The maximum atomic E-state index is 10.6. The van der Waals surface area contributed by atoms with Gasteiger partial charge in [0.2, 0.25) is 4.96 Å². The van der Waals surface area contributed by atoms with E-state index in [4.69, 9.17) is 0 Å². The number of nitro benzene ring substituents is 1. The topological polar surface area (TPSA) is 73.3 Å². The number of non-ortho nitro benzene ring substituents is 1. The molecule has 0 radical (unpaired) electrons. The summed E-state index contributed by atoms with van der Waals surface area (Å²) in [6, 6.07) is 6.36. The van der Waals surface area contributed by atoms with Gasteiger partial charge in [-0.05, 0) is 18.6 Å². The third-order valence-electron chi connectivity index (χ3n) is 2.76. The van der Waals surface area contributed by atoms with Crippen molar-refractivity contribution in [1.82, 2.24) is 14.6 Å². The molecular formula is C12H10N4O2S. The van der Waals surface area contributed by atoms with Gasteiger partial charge in [0.05, 0.1) is 16.8 Å². The molecule has 96 valence electrons. The van der Waals surface area contributed by atoms with Gasteiger partial charge in [0.1, 0.15) is 5.01 Å². The van der Waals surface area contributed by atoms with Gasteiger partial charge in [0, 0.05) is 17.7 Å². The molecule has 0 bridgehead atoms. The van der Waals surface area contributed by atoms with E-state index in [0.29, 0.717) is 0 Å². The molecule has 0 unspecified atom stereocenters. The molecule has 0 spiro atoms. The van der Waals surface area contributed by atoms with Crippen molar-refractivity contribution >= 4 is 22.0 Å². The van der Waals surface area contributed by atoms with Crippen LogP contribution in [0.15, 0.2) is 30.5 Å². The highest BCUT2D eigenvalue weighted by Gasteiger charge is 2.10. The molecule has 0 aliphatic heterocycles. The molecule has 3 rings (SSSR count). The summed E-state index contributed by atoms with van der Waals surface area (Å²) in [6.07, 6.45) is 2.73. The monoisotopic (exact) mass is 274 g/mol. The smallest absolute Gasteiger partial charge is 0.258 e. The van der Waals surface area contributed by atoms with E-state index in [1.807, 2.05) is 6.20 Å². The van der Waals surface area contributed by atoms with Gasteiger partial charge in [0.15, 0.2) is 0 Å². The summed E-state index contributed by atoms with van der Waals surface area (Å²) in [6.45, 7) is 2.05. The molecule has 2 aromatic heterocycles. The summed E-state index contributed by atoms with van der Waals surface area (Å²) in [4.78, 5) is 15.5. The van der Waals surface area contributed by atoms with Crippen molar-refractivity contribution < 1.29 is 4.92 Å². The highest BCUT2D eigenvalue weighted by molar-refractivity contribution is 7.16. The highest BCUT2D eigenvalue weighted by atomic mass is 32.1. The van der Waals surface area contributed by atoms with Crippen LogP contribution in [0.25, 0.3) is 16.2 Å². The standard InChI is InChI=1S/C12H10N4O2S/c1-2-11-14-15-7-10(13-12(15)19-11)8-3-5-9(6-4-8)16(17)18/h3-7H,2H2,1H3. The molecule has 2 heterocycles. The Bertz CT molecular complexity index is 713. The van der Waals surface area contributed by atoms with Crippen LogP contribution in [0, 0.1) is 10.1 Å². The molecule has 0 N–H and O–H groups in total. The minimum Gasteiger partial charge on any atom is -0.258 e. The number of aryl methyl sites for hydroxylation is 1.